The largest absolute Gasteiger partial charge is 0.457 e. The number of ether oxygens (including phenoxy) is 1. The third-order valence-corrected chi connectivity index (χ3v) is 18.7. The van der Waals surface area contributed by atoms with Crippen LogP contribution in [0.25, 0.3) is 33.1 Å². The van der Waals surface area contributed by atoms with E-state index in [0.29, 0.717) is 0 Å². The van der Waals surface area contributed by atoms with Crippen molar-refractivity contribution >= 4 is 67.8 Å². The van der Waals surface area contributed by atoms with E-state index in [1.165, 1.54) is 37.4 Å². The van der Waals surface area contributed by atoms with Crippen LogP contribution in [0.1, 0.15) is 22.3 Å². The lowest BCUT2D eigenvalue weighted by Crippen LogP contribution is -2.79. The molecule has 0 N–H and O–H groups in total. The number of para-hydroxylation sites is 3. The molecule has 1 spiro atoms. The van der Waals surface area contributed by atoms with Crippen LogP contribution in [0.5, 0.6) is 11.5 Å². The summed E-state index contributed by atoms with van der Waals surface area (Å²) in [7, 11) is -3.00. The first kappa shape index (κ1) is 37.4. The van der Waals surface area contributed by atoms with Gasteiger partial charge in [0.15, 0.2) is 8.07 Å². The molecule has 306 valence electrons. The fraction of sp³-hybridized carbons (Fsp3) is 0.0164. The molecular weight excluding hydrogens is 807 g/mol. The van der Waals surface area contributed by atoms with Gasteiger partial charge in [-0.2, -0.15) is 0 Å². The predicted molar refractivity (Wildman–Crippen MR) is 269 cm³/mol. The van der Waals surface area contributed by atoms with Crippen LogP contribution >= 0.6 is 0 Å². The number of hydrogen-bond acceptors (Lipinski definition) is 3. The maximum Gasteiger partial charge on any atom is 0.180 e. The highest BCUT2D eigenvalue weighted by molar-refractivity contribution is 7.20. The van der Waals surface area contributed by atoms with Gasteiger partial charge >= 0.3 is 0 Å². The summed E-state index contributed by atoms with van der Waals surface area (Å²) in [6.07, 6.45) is 0. The lowest BCUT2D eigenvalue weighted by atomic mass is 9.63. The van der Waals surface area contributed by atoms with Crippen LogP contribution in [-0.2, 0) is 5.41 Å². The van der Waals surface area contributed by atoms with Gasteiger partial charge in [0.1, 0.15) is 22.7 Å². The Hall–Kier alpha value is -8.18. The summed E-state index contributed by atoms with van der Waals surface area (Å²) in [6.45, 7) is 0. The second kappa shape index (κ2) is 14.7. The summed E-state index contributed by atoms with van der Waals surface area (Å²) < 4.78 is 13.6. The third kappa shape index (κ3) is 5.48. The van der Waals surface area contributed by atoms with Crippen molar-refractivity contribution < 1.29 is 9.15 Å². The number of nitrogens with zero attached hydrogens (tertiary/aromatic N) is 1. The summed E-state index contributed by atoms with van der Waals surface area (Å²) in [5, 5.41) is 7.64. The molecule has 0 bridgehead atoms. The third-order valence-electron chi connectivity index (χ3n) is 13.9. The van der Waals surface area contributed by atoms with Crippen LogP contribution in [0.15, 0.2) is 253 Å². The average molecular weight is 848 g/mol. The molecule has 10 aromatic carbocycles. The van der Waals surface area contributed by atoms with Gasteiger partial charge < -0.3 is 14.1 Å². The minimum atomic E-state index is -3.00. The minimum Gasteiger partial charge on any atom is -0.457 e. The quantitative estimate of drug-likeness (QED) is 0.156. The summed E-state index contributed by atoms with van der Waals surface area (Å²) in [5.41, 5.74) is 11.3. The van der Waals surface area contributed by atoms with Gasteiger partial charge in [-0.05, 0) is 104 Å². The average Bonchev–Trinajstić information content (AvgIpc) is 3.75. The van der Waals surface area contributed by atoms with E-state index in [1.807, 2.05) is 0 Å². The molecule has 0 amide bonds. The Morgan fingerprint density at radius 3 is 1.49 bits per heavy atom. The van der Waals surface area contributed by atoms with E-state index in [1.54, 1.807) is 0 Å². The molecule has 0 aliphatic carbocycles. The fourth-order valence-electron chi connectivity index (χ4n) is 11.2. The smallest absolute Gasteiger partial charge is 0.180 e. The fourth-order valence-corrected chi connectivity index (χ4v) is 16.5. The van der Waals surface area contributed by atoms with Crippen molar-refractivity contribution in [3.63, 3.8) is 0 Å². The lowest BCUT2D eigenvalue weighted by molar-refractivity contribution is 0.435. The van der Waals surface area contributed by atoms with Gasteiger partial charge in [0.25, 0.3) is 0 Å². The van der Waals surface area contributed by atoms with Gasteiger partial charge in [0.05, 0.1) is 5.41 Å². The molecule has 13 rings (SSSR count). The number of anilines is 3. The number of fused-ring (bicyclic) bond motifs is 11. The maximum atomic E-state index is 6.86. The van der Waals surface area contributed by atoms with Crippen LogP contribution in [0.2, 0.25) is 0 Å². The van der Waals surface area contributed by atoms with E-state index in [4.69, 9.17) is 9.15 Å². The van der Waals surface area contributed by atoms with E-state index in [9.17, 15) is 0 Å². The van der Waals surface area contributed by atoms with E-state index in [0.717, 1.165) is 67.2 Å². The number of hydrogen-bond donors (Lipinski definition) is 0. The van der Waals surface area contributed by atoms with Crippen LogP contribution in [0, 0.1) is 0 Å². The van der Waals surface area contributed by atoms with Crippen LogP contribution < -0.4 is 30.4 Å². The second-order valence-electron chi connectivity index (χ2n) is 17.1. The molecule has 0 atom stereocenters. The molecule has 3 nitrogen and oxygen atoms in total. The van der Waals surface area contributed by atoms with Crippen molar-refractivity contribution in [1.29, 1.82) is 0 Å². The van der Waals surface area contributed by atoms with E-state index >= 15 is 0 Å². The SMILES string of the molecule is c1ccc(-c2ccc3c(c2)oc2cc(N(c4ccccc4)c4ccc5c(c4)C4(c6ccccc6Oc6ccccc64)c4ccccc4[Si]5(c4ccccc4)c4ccccc4)ccc23)cc1. The summed E-state index contributed by atoms with van der Waals surface area (Å²) in [5.74, 6) is 1.74. The molecule has 0 radical (unpaired) electrons. The van der Waals surface area contributed by atoms with E-state index in [2.05, 4.69) is 254 Å². The van der Waals surface area contributed by atoms with Crippen molar-refractivity contribution in [2.75, 3.05) is 4.90 Å². The van der Waals surface area contributed by atoms with E-state index in [-0.39, 0.29) is 0 Å². The Morgan fingerprint density at radius 2 is 0.831 bits per heavy atom. The Balaban J connectivity index is 1.12. The first-order valence-corrected chi connectivity index (χ1v) is 24.3. The normalized spacial score (nSPS) is 13.9. The Kier molecular flexibility index (Phi) is 8.45. The van der Waals surface area contributed by atoms with Crippen LogP contribution in [-0.4, -0.2) is 8.07 Å². The lowest BCUT2D eigenvalue weighted by Gasteiger charge is -2.51. The van der Waals surface area contributed by atoms with Gasteiger partial charge in [-0.1, -0.05) is 182 Å². The highest BCUT2D eigenvalue weighted by Gasteiger charge is 2.57. The molecule has 0 saturated carbocycles. The molecular formula is C61H41NO2Si. The first-order valence-electron chi connectivity index (χ1n) is 22.3. The summed E-state index contributed by atoms with van der Waals surface area (Å²) in [6, 6.07) is 91.0. The molecule has 11 aromatic rings. The topological polar surface area (TPSA) is 25.6 Å². The maximum absolute atomic E-state index is 6.86. The highest BCUT2D eigenvalue weighted by atomic mass is 28.3. The number of benzene rings is 10. The highest BCUT2D eigenvalue weighted by Crippen LogP contribution is 2.57. The van der Waals surface area contributed by atoms with Crippen molar-refractivity contribution in [3.8, 4) is 22.6 Å². The Morgan fingerprint density at radius 1 is 0.338 bits per heavy atom. The monoisotopic (exact) mass is 847 g/mol. The minimum absolute atomic E-state index is 0.713. The molecule has 4 heteroatoms. The van der Waals surface area contributed by atoms with Crippen molar-refractivity contribution in [3.05, 3.63) is 271 Å². The van der Waals surface area contributed by atoms with Gasteiger partial charge in [0.2, 0.25) is 0 Å². The van der Waals surface area contributed by atoms with Crippen LogP contribution in [0.4, 0.5) is 17.1 Å². The van der Waals surface area contributed by atoms with Gasteiger partial charge in [0, 0.05) is 45.0 Å². The Bertz CT molecular complexity index is 3500. The van der Waals surface area contributed by atoms with Crippen molar-refractivity contribution in [2.45, 2.75) is 5.41 Å². The Labute approximate surface area is 379 Å². The number of rotatable bonds is 6. The second-order valence-corrected chi connectivity index (χ2v) is 20.9. The standard InChI is InChI=1S/C61H41NO2Si/c1-5-19-42(20-6-1)43-33-36-49-50-37-34-46(41-58(50)64-57(49)39-43)62(44-21-7-2-8-22-44)45-35-38-60-54(40-45)61(51-27-13-16-30-55(51)63-56-31-17-14-28-52(56)61)53-29-15-18-32-59(53)65(60,47-23-9-3-10-24-47)48-25-11-4-12-26-48/h1-41H. The van der Waals surface area contributed by atoms with E-state index < -0.39 is 13.5 Å². The number of furan rings is 1. The molecule has 65 heavy (non-hydrogen) atoms. The van der Waals surface area contributed by atoms with Gasteiger partial charge in [-0.25, -0.2) is 0 Å². The van der Waals surface area contributed by atoms with Gasteiger partial charge in [-0.15, -0.1) is 0 Å². The molecule has 2 aliphatic heterocycles. The van der Waals surface area contributed by atoms with Crippen molar-refractivity contribution in [1.82, 2.24) is 0 Å². The molecule has 0 unspecified atom stereocenters. The summed E-state index contributed by atoms with van der Waals surface area (Å²) in [4.78, 5) is 2.39. The zero-order valence-electron chi connectivity index (χ0n) is 35.4. The summed E-state index contributed by atoms with van der Waals surface area (Å²) >= 11 is 0. The van der Waals surface area contributed by atoms with Crippen LogP contribution in [0.3, 0.4) is 0 Å². The molecule has 3 heterocycles. The molecule has 0 fully saturated rings. The molecule has 2 aliphatic rings. The first-order chi connectivity index (χ1) is 32.2. The van der Waals surface area contributed by atoms with Gasteiger partial charge in [-0.3, -0.25) is 0 Å². The molecule has 1 aromatic heterocycles. The zero-order valence-corrected chi connectivity index (χ0v) is 36.4. The zero-order chi connectivity index (χ0) is 43.0. The molecule has 0 saturated heterocycles. The van der Waals surface area contributed by atoms with Crippen molar-refractivity contribution in [2.24, 2.45) is 0 Å². The predicted octanol–water partition coefficient (Wildman–Crippen LogP) is 12.9.